The molecule has 23 heavy (non-hydrogen) atoms. The Morgan fingerprint density at radius 1 is 1.04 bits per heavy atom. The van der Waals surface area contributed by atoms with E-state index in [1.807, 2.05) is 27.2 Å². The monoisotopic (exact) mass is 456 g/mol. The van der Waals surface area contributed by atoms with Gasteiger partial charge in [0.2, 0.25) is 0 Å². The zero-order valence-corrected chi connectivity index (χ0v) is 15.4. The minimum absolute atomic E-state index is 0.0290. The van der Waals surface area contributed by atoms with Crippen LogP contribution in [0.4, 0.5) is 0 Å². The van der Waals surface area contributed by atoms with Gasteiger partial charge in [-0.25, -0.2) is 15.0 Å². The number of aliphatic hydroxyl groups excluding tert-OH is 1. The van der Waals surface area contributed by atoms with E-state index in [0.717, 1.165) is 0 Å². The molecule has 0 unspecified atom stereocenters. The Kier molecular flexibility index (Phi) is 8.40. The molecular formula is C13H18ClIN4O4. The maximum atomic E-state index is 8.53. The van der Waals surface area contributed by atoms with Gasteiger partial charge in [0.25, 0.3) is 0 Å². The number of fused-ring (bicyclic) bond motifs is 1. The van der Waals surface area contributed by atoms with Crippen molar-refractivity contribution in [2.24, 2.45) is 0 Å². The summed E-state index contributed by atoms with van der Waals surface area (Å²) in [5.74, 6) is 0. The summed E-state index contributed by atoms with van der Waals surface area (Å²) in [6.45, 7) is 3.48. The molecular weight excluding hydrogens is 439 g/mol. The molecule has 0 aliphatic rings. The topological polar surface area (TPSA) is 91.5 Å². The lowest BCUT2D eigenvalue weighted by atomic mass is 10.5. The predicted octanol–water partition coefficient (Wildman–Crippen LogP) is 1.13. The van der Waals surface area contributed by atoms with Crippen LogP contribution in [0.1, 0.15) is 0 Å². The van der Waals surface area contributed by atoms with Crippen LogP contribution in [0.15, 0.2) is 6.33 Å². The SMILES string of the molecule is OCCOCCOCCOCCn1cnc2c(Cl)nc(I)nc21. The Morgan fingerprint density at radius 2 is 1.70 bits per heavy atom. The number of hydrogen-bond donors (Lipinski definition) is 1. The van der Waals surface area contributed by atoms with E-state index in [0.29, 0.717) is 66.3 Å². The highest BCUT2D eigenvalue weighted by Gasteiger charge is 2.10. The Balaban J connectivity index is 1.64. The molecule has 0 atom stereocenters. The fourth-order valence-corrected chi connectivity index (χ4v) is 2.64. The van der Waals surface area contributed by atoms with E-state index in [2.05, 4.69) is 15.0 Å². The van der Waals surface area contributed by atoms with Gasteiger partial charge in [0.1, 0.15) is 5.52 Å². The van der Waals surface area contributed by atoms with E-state index in [-0.39, 0.29) is 6.61 Å². The molecule has 2 aromatic heterocycles. The van der Waals surface area contributed by atoms with E-state index >= 15 is 0 Å². The summed E-state index contributed by atoms with van der Waals surface area (Å²) in [5.41, 5.74) is 1.30. The van der Waals surface area contributed by atoms with Crippen LogP contribution in [0.3, 0.4) is 0 Å². The molecule has 0 saturated heterocycles. The maximum absolute atomic E-state index is 8.53. The van der Waals surface area contributed by atoms with Crippen LogP contribution in [-0.4, -0.2) is 70.9 Å². The molecule has 0 aliphatic carbocycles. The van der Waals surface area contributed by atoms with E-state index in [9.17, 15) is 0 Å². The van der Waals surface area contributed by atoms with Gasteiger partial charge in [0.05, 0.1) is 52.6 Å². The first-order valence-corrected chi connectivity index (χ1v) is 8.56. The minimum Gasteiger partial charge on any atom is -0.394 e. The first-order valence-electron chi connectivity index (χ1n) is 7.10. The van der Waals surface area contributed by atoms with Crippen molar-refractivity contribution in [2.75, 3.05) is 46.2 Å². The van der Waals surface area contributed by atoms with Crippen LogP contribution >= 0.6 is 34.2 Å². The molecule has 0 aromatic carbocycles. The van der Waals surface area contributed by atoms with Gasteiger partial charge in [-0.2, -0.15) is 0 Å². The van der Waals surface area contributed by atoms with Gasteiger partial charge in [0, 0.05) is 29.1 Å². The van der Waals surface area contributed by atoms with E-state index in [1.54, 1.807) is 6.33 Å². The molecule has 0 amide bonds. The normalized spacial score (nSPS) is 11.4. The Bertz CT molecular complexity index is 613. The summed E-state index contributed by atoms with van der Waals surface area (Å²) in [6.07, 6.45) is 1.68. The third kappa shape index (κ3) is 6.08. The zero-order valence-electron chi connectivity index (χ0n) is 12.5. The quantitative estimate of drug-likeness (QED) is 0.234. The second-order valence-electron chi connectivity index (χ2n) is 4.45. The van der Waals surface area contributed by atoms with Crippen molar-refractivity contribution in [3.63, 3.8) is 0 Å². The third-order valence-electron chi connectivity index (χ3n) is 2.85. The summed E-state index contributed by atoms with van der Waals surface area (Å²) < 4.78 is 18.4. The lowest BCUT2D eigenvalue weighted by molar-refractivity contribution is 0.00671. The Morgan fingerprint density at radius 3 is 2.39 bits per heavy atom. The lowest BCUT2D eigenvalue weighted by Crippen LogP contribution is -2.12. The fraction of sp³-hybridized carbons (Fsp3) is 0.615. The largest absolute Gasteiger partial charge is 0.394 e. The van der Waals surface area contributed by atoms with Crippen molar-refractivity contribution in [1.82, 2.24) is 19.5 Å². The van der Waals surface area contributed by atoms with Gasteiger partial charge in [-0.15, -0.1) is 0 Å². The molecule has 0 fully saturated rings. The van der Waals surface area contributed by atoms with Crippen LogP contribution in [-0.2, 0) is 20.8 Å². The lowest BCUT2D eigenvalue weighted by Gasteiger charge is -2.07. The number of rotatable bonds is 11. The second-order valence-corrected chi connectivity index (χ2v) is 5.78. The van der Waals surface area contributed by atoms with Gasteiger partial charge in [-0.3, -0.25) is 0 Å². The minimum atomic E-state index is 0.0290. The molecule has 1 N–H and O–H groups in total. The summed E-state index contributed by atoms with van der Waals surface area (Å²) in [7, 11) is 0. The highest BCUT2D eigenvalue weighted by Crippen LogP contribution is 2.19. The third-order valence-corrected chi connectivity index (χ3v) is 3.60. The smallest absolute Gasteiger partial charge is 0.194 e. The van der Waals surface area contributed by atoms with Crippen LogP contribution in [0.25, 0.3) is 11.2 Å². The fourth-order valence-electron chi connectivity index (χ4n) is 1.82. The van der Waals surface area contributed by atoms with Crippen molar-refractivity contribution in [2.45, 2.75) is 6.54 Å². The van der Waals surface area contributed by atoms with Gasteiger partial charge >= 0.3 is 0 Å². The van der Waals surface area contributed by atoms with Gasteiger partial charge < -0.3 is 23.9 Å². The van der Waals surface area contributed by atoms with Gasteiger partial charge in [-0.1, -0.05) is 11.6 Å². The average molecular weight is 457 g/mol. The molecule has 0 bridgehead atoms. The molecule has 0 spiro atoms. The molecule has 0 radical (unpaired) electrons. The van der Waals surface area contributed by atoms with Crippen molar-refractivity contribution >= 4 is 45.4 Å². The predicted molar refractivity (Wildman–Crippen MR) is 92.6 cm³/mol. The molecule has 2 heterocycles. The zero-order chi connectivity index (χ0) is 16.5. The van der Waals surface area contributed by atoms with Gasteiger partial charge in [0.15, 0.2) is 14.6 Å². The van der Waals surface area contributed by atoms with Crippen LogP contribution in [0, 0.1) is 3.83 Å². The maximum Gasteiger partial charge on any atom is 0.194 e. The van der Waals surface area contributed by atoms with Crippen molar-refractivity contribution < 1.29 is 19.3 Å². The number of nitrogens with zero attached hydrogens (tertiary/aromatic N) is 4. The van der Waals surface area contributed by atoms with Crippen LogP contribution in [0.5, 0.6) is 0 Å². The van der Waals surface area contributed by atoms with Crippen LogP contribution < -0.4 is 0 Å². The number of imidazole rings is 1. The van der Waals surface area contributed by atoms with Crippen molar-refractivity contribution in [1.29, 1.82) is 0 Å². The summed E-state index contributed by atoms with van der Waals surface area (Å²) in [6, 6.07) is 0. The molecule has 10 heteroatoms. The van der Waals surface area contributed by atoms with E-state index in [1.165, 1.54) is 0 Å². The molecule has 0 aliphatic heterocycles. The molecule has 128 valence electrons. The number of aromatic nitrogens is 4. The van der Waals surface area contributed by atoms with Crippen molar-refractivity contribution in [3.05, 3.63) is 15.3 Å². The van der Waals surface area contributed by atoms with Crippen molar-refractivity contribution in [3.8, 4) is 0 Å². The Hall–Kier alpha value is -0.590. The number of aliphatic hydroxyl groups is 1. The second kappa shape index (κ2) is 10.3. The van der Waals surface area contributed by atoms with E-state index < -0.39 is 0 Å². The first-order chi connectivity index (χ1) is 11.2. The summed E-state index contributed by atoms with van der Waals surface area (Å²) in [4.78, 5) is 12.6. The summed E-state index contributed by atoms with van der Waals surface area (Å²) >= 11 is 8.06. The molecule has 0 saturated carbocycles. The van der Waals surface area contributed by atoms with Crippen LogP contribution in [0.2, 0.25) is 5.15 Å². The standard InChI is InChI=1S/C13H18ClIN4O4/c14-11-10-12(18-13(15)17-11)19(9-16-10)1-3-21-5-7-23-8-6-22-4-2-20/h9,20H,1-8H2. The average Bonchev–Trinajstić information content (AvgIpc) is 2.92. The number of halogens is 2. The Labute approximate surface area is 152 Å². The molecule has 8 nitrogen and oxygen atoms in total. The molecule has 2 aromatic rings. The first kappa shape index (κ1) is 18.7. The number of ether oxygens (including phenoxy) is 3. The van der Waals surface area contributed by atoms with Gasteiger partial charge in [-0.05, 0) is 0 Å². The highest BCUT2D eigenvalue weighted by molar-refractivity contribution is 14.1. The molecule has 2 rings (SSSR count). The summed E-state index contributed by atoms with van der Waals surface area (Å²) in [5, 5.41) is 8.89. The number of hydrogen-bond acceptors (Lipinski definition) is 7. The van der Waals surface area contributed by atoms with E-state index in [4.69, 9.17) is 30.9 Å². The highest BCUT2D eigenvalue weighted by atomic mass is 127.